The van der Waals surface area contributed by atoms with E-state index in [-0.39, 0.29) is 0 Å². The Kier molecular flexibility index (Phi) is 4.32. The van der Waals surface area contributed by atoms with Crippen molar-refractivity contribution in [1.82, 2.24) is 0 Å². The highest BCUT2D eigenvalue weighted by Crippen LogP contribution is 2.65. The van der Waals surface area contributed by atoms with E-state index >= 15 is 0 Å². The Hall–Kier alpha value is -0.470. The summed E-state index contributed by atoms with van der Waals surface area (Å²) in [6.07, 6.45) is 4.97. The second-order valence-electron chi connectivity index (χ2n) is 10.0. The van der Waals surface area contributed by atoms with Crippen LogP contribution in [-0.4, -0.2) is 6.18 Å². The van der Waals surface area contributed by atoms with Crippen molar-refractivity contribution in [3.05, 3.63) is 12.2 Å². The van der Waals surface area contributed by atoms with Crippen LogP contribution in [0.5, 0.6) is 0 Å². The zero-order valence-corrected chi connectivity index (χ0v) is 15.7. The summed E-state index contributed by atoms with van der Waals surface area (Å²) in [6, 6.07) is 0. The van der Waals surface area contributed by atoms with Crippen LogP contribution in [0.25, 0.3) is 0 Å². The molecule has 4 fully saturated rings. The van der Waals surface area contributed by atoms with Gasteiger partial charge in [-0.25, -0.2) is 0 Å². The van der Waals surface area contributed by atoms with Crippen LogP contribution in [0.3, 0.4) is 0 Å². The van der Waals surface area contributed by atoms with E-state index in [1.807, 2.05) is 0 Å². The molecule has 0 radical (unpaired) electrons. The van der Waals surface area contributed by atoms with Crippen LogP contribution in [0.1, 0.15) is 71.6 Å². The normalized spacial score (nSPS) is 49.9. The molecule has 0 bridgehead atoms. The van der Waals surface area contributed by atoms with Gasteiger partial charge in [-0.2, -0.15) is 13.2 Å². The lowest BCUT2D eigenvalue weighted by Crippen LogP contribution is -2.49. The maximum atomic E-state index is 13.2. The molecule has 0 aliphatic heterocycles. The van der Waals surface area contributed by atoms with Crippen molar-refractivity contribution in [3.8, 4) is 0 Å². The highest BCUT2D eigenvalue weighted by Gasteiger charge is 2.57. The SMILES string of the molecule is C=C(C)[C@H]1CCC2[C@@H]3CC[C@@H]4CC(C(F)(F)F)CC[C@@H]4C3CC[C@@]21C. The van der Waals surface area contributed by atoms with E-state index in [4.69, 9.17) is 0 Å². The van der Waals surface area contributed by atoms with Gasteiger partial charge >= 0.3 is 6.18 Å². The summed E-state index contributed by atoms with van der Waals surface area (Å²) in [4.78, 5) is 0. The molecule has 8 atom stereocenters. The lowest BCUT2D eigenvalue weighted by molar-refractivity contribution is -0.196. The predicted octanol–water partition coefficient (Wildman–Crippen LogP) is 7.01. The number of alkyl halides is 3. The molecule has 4 rings (SSSR count). The largest absolute Gasteiger partial charge is 0.391 e. The van der Waals surface area contributed by atoms with Crippen LogP contribution in [0, 0.1) is 46.8 Å². The van der Waals surface area contributed by atoms with Gasteiger partial charge in [0, 0.05) is 0 Å². The van der Waals surface area contributed by atoms with Crippen molar-refractivity contribution in [2.45, 2.75) is 77.8 Å². The van der Waals surface area contributed by atoms with Crippen molar-refractivity contribution in [2.75, 3.05) is 0 Å². The second-order valence-corrected chi connectivity index (χ2v) is 10.0. The first-order valence-electron chi connectivity index (χ1n) is 10.4. The van der Waals surface area contributed by atoms with Gasteiger partial charge in [0.2, 0.25) is 0 Å². The lowest BCUT2D eigenvalue weighted by atomic mass is 9.49. The van der Waals surface area contributed by atoms with Crippen LogP contribution < -0.4 is 0 Å². The minimum Gasteiger partial charge on any atom is -0.171 e. The number of hydrogen-bond donors (Lipinski definition) is 0. The first-order chi connectivity index (χ1) is 11.7. The van der Waals surface area contributed by atoms with Gasteiger partial charge in [0.25, 0.3) is 0 Å². The van der Waals surface area contributed by atoms with Crippen molar-refractivity contribution < 1.29 is 13.2 Å². The van der Waals surface area contributed by atoms with Crippen LogP contribution in [0.2, 0.25) is 0 Å². The first-order valence-corrected chi connectivity index (χ1v) is 10.4. The van der Waals surface area contributed by atoms with Gasteiger partial charge in [-0.05, 0) is 106 Å². The molecule has 0 heterocycles. The molecule has 0 aromatic heterocycles. The Morgan fingerprint density at radius 3 is 2.32 bits per heavy atom. The third kappa shape index (κ3) is 2.79. The van der Waals surface area contributed by atoms with Crippen molar-refractivity contribution in [2.24, 2.45) is 46.8 Å². The van der Waals surface area contributed by atoms with Crippen LogP contribution in [0.15, 0.2) is 12.2 Å². The number of halogens is 3. The fraction of sp³-hybridized carbons (Fsp3) is 0.909. The van der Waals surface area contributed by atoms with Crippen molar-refractivity contribution in [1.29, 1.82) is 0 Å². The molecule has 4 aliphatic rings. The van der Waals surface area contributed by atoms with Crippen molar-refractivity contribution in [3.63, 3.8) is 0 Å². The fourth-order valence-corrected chi connectivity index (χ4v) is 7.96. The average Bonchev–Trinajstić information content (AvgIpc) is 2.90. The third-order valence-corrected chi connectivity index (χ3v) is 9.01. The van der Waals surface area contributed by atoms with E-state index in [0.717, 1.165) is 24.7 Å². The third-order valence-electron chi connectivity index (χ3n) is 9.01. The molecule has 0 aromatic carbocycles. The molecule has 0 spiro atoms. The molecule has 25 heavy (non-hydrogen) atoms. The van der Waals surface area contributed by atoms with Gasteiger partial charge in [-0.3, -0.25) is 0 Å². The Balaban J connectivity index is 1.51. The van der Waals surface area contributed by atoms with Crippen LogP contribution >= 0.6 is 0 Å². The topological polar surface area (TPSA) is 0 Å². The summed E-state index contributed by atoms with van der Waals surface area (Å²) in [7, 11) is 0. The quantitative estimate of drug-likeness (QED) is 0.444. The average molecular weight is 355 g/mol. The molecule has 4 aliphatic carbocycles. The smallest absolute Gasteiger partial charge is 0.171 e. The summed E-state index contributed by atoms with van der Waals surface area (Å²) in [5.74, 6) is 2.81. The van der Waals surface area contributed by atoms with E-state index in [0.29, 0.717) is 41.9 Å². The van der Waals surface area contributed by atoms with Gasteiger partial charge in [0.1, 0.15) is 0 Å². The maximum Gasteiger partial charge on any atom is 0.391 e. The molecule has 0 N–H and O–H groups in total. The van der Waals surface area contributed by atoms with Gasteiger partial charge < -0.3 is 0 Å². The summed E-state index contributed by atoms with van der Waals surface area (Å²) >= 11 is 0. The molecule has 0 aromatic rings. The summed E-state index contributed by atoms with van der Waals surface area (Å²) in [5, 5.41) is 0. The van der Waals surface area contributed by atoms with E-state index in [2.05, 4.69) is 20.4 Å². The van der Waals surface area contributed by atoms with Gasteiger partial charge in [-0.15, -0.1) is 0 Å². The molecule has 4 saturated carbocycles. The monoisotopic (exact) mass is 354 g/mol. The Labute approximate surface area is 150 Å². The molecular formula is C22H33F3. The van der Waals surface area contributed by atoms with E-state index in [1.54, 1.807) is 0 Å². The molecule has 0 nitrogen and oxygen atoms in total. The van der Waals surface area contributed by atoms with Crippen molar-refractivity contribution >= 4 is 0 Å². The Morgan fingerprint density at radius 2 is 1.64 bits per heavy atom. The first kappa shape index (κ1) is 17.9. The van der Waals surface area contributed by atoms with Gasteiger partial charge in [0.05, 0.1) is 5.92 Å². The molecule has 142 valence electrons. The number of hydrogen-bond acceptors (Lipinski definition) is 0. The summed E-state index contributed by atoms with van der Waals surface area (Å²) < 4.78 is 39.5. The second kappa shape index (κ2) is 6.02. The van der Waals surface area contributed by atoms with E-state index < -0.39 is 12.1 Å². The zero-order chi connectivity index (χ0) is 18.0. The lowest BCUT2D eigenvalue weighted by Gasteiger charge is -2.56. The minimum atomic E-state index is -3.98. The molecular weight excluding hydrogens is 321 g/mol. The Morgan fingerprint density at radius 1 is 0.920 bits per heavy atom. The standard InChI is InChI=1S/C22H33F3/c1-13(2)19-8-9-20-18-6-4-14-12-15(22(23,24)25)5-7-16(14)17(18)10-11-21(19,20)3/h14-20H,1,4-12H2,2-3H3/t14-,15?,16+,17?,18-,19-,20?,21-/m1/s1. The highest BCUT2D eigenvalue weighted by molar-refractivity contribution is 5.13. The number of allylic oxidation sites excluding steroid dienone is 1. The zero-order valence-electron chi connectivity index (χ0n) is 15.7. The van der Waals surface area contributed by atoms with Gasteiger partial charge in [0.15, 0.2) is 0 Å². The molecule has 0 amide bonds. The van der Waals surface area contributed by atoms with E-state index in [9.17, 15) is 13.2 Å². The molecule has 0 saturated heterocycles. The highest BCUT2D eigenvalue weighted by atomic mass is 19.4. The summed E-state index contributed by atoms with van der Waals surface area (Å²) in [5.41, 5.74) is 1.76. The van der Waals surface area contributed by atoms with Gasteiger partial charge in [-0.1, -0.05) is 19.1 Å². The molecule has 3 unspecified atom stereocenters. The minimum absolute atomic E-state index is 0.337. The number of rotatable bonds is 1. The summed E-state index contributed by atoms with van der Waals surface area (Å²) in [6.45, 7) is 8.95. The molecule has 3 heteroatoms. The fourth-order valence-electron chi connectivity index (χ4n) is 7.96. The van der Waals surface area contributed by atoms with E-state index in [1.165, 1.54) is 37.7 Å². The van der Waals surface area contributed by atoms with Crippen LogP contribution in [0.4, 0.5) is 13.2 Å². The van der Waals surface area contributed by atoms with Crippen LogP contribution in [-0.2, 0) is 0 Å². The Bertz CT molecular complexity index is 536. The predicted molar refractivity (Wildman–Crippen MR) is 95.0 cm³/mol. The maximum absolute atomic E-state index is 13.2. The number of fused-ring (bicyclic) bond motifs is 5.